The zero-order valence-electron chi connectivity index (χ0n) is 17.2. The standard InChI is InChI=1S/C22H31NO4S/c1-16-10-12-18(13-11-16)22(2,3)28-15-19(20(24)26-4)23-21(25)27-14-17-8-6-5-7-9-17/h5-10,18-19H,11-15H2,1-4H3,(H,23,25)/t18?,19-/m0/s1. The van der Waals surface area contributed by atoms with E-state index in [9.17, 15) is 9.59 Å². The molecule has 0 fully saturated rings. The Morgan fingerprint density at radius 3 is 2.61 bits per heavy atom. The second-order valence-corrected chi connectivity index (χ2v) is 9.39. The van der Waals surface area contributed by atoms with Crippen LogP contribution < -0.4 is 5.32 Å². The highest BCUT2D eigenvalue weighted by molar-refractivity contribution is 8.00. The fourth-order valence-electron chi connectivity index (χ4n) is 3.23. The van der Waals surface area contributed by atoms with Crippen molar-refractivity contribution >= 4 is 23.8 Å². The summed E-state index contributed by atoms with van der Waals surface area (Å²) in [5, 5.41) is 2.65. The third-order valence-electron chi connectivity index (χ3n) is 5.23. The van der Waals surface area contributed by atoms with E-state index < -0.39 is 18.1 Å². The molecule has 5 nitrogen and oxygen atoms in total. The maximum Gasteiger partial charge on any atom is 0.408 e. The van der Waals surface area contributed by atoms with E-state index in [1.807, 2.05) is 30.3 Å². The highest BCUT2D eigenvalue weighted by Gasteiger charge is 2.33. The van der Waals surface area contributed by atoms with Crippen LogP contribution in [-0.4, -0.2) is 35.7 Å². The number of hydrogen-bond donors (Lipinski definition) is 1. The average Bonchev–Trinajstić information content (AvgIpc) is 2.70. The third kappa shape index (κ3) is 6.89. The molecule has 0 heterocycles. The van der Waals surface area contributed by atoms with E-state index in [2.05, 4.69) is 32.2 Å². The van der Waals surface area contributed by atoms with Crippen LogP contribution in [0.2, 0.25) is 0 Å². The van der Waals surface area contributed by atoms with E-state index in [0.29, 0.717) is 11.7 Å². The SMILES string of the molecule is COC(=O)[C@H](CSC(C)(C)C1CC=C(C)CC1)NC(=O)OCc1ccccc1. The van der Waals surface area contributed by atoms with Crippen LogP contribution in [0.15, 0.2) is 42.0 Å². The molecule has 1 N–H and O–H groups in total. The van der Waals surface area contributed by atoms with Crippen molar-refractivity contribution in [3.05, 3.63) is 47.5 Å². The number of methoxy groups -OCH3 is 1. The average molecular weight is 406 g/mol. The maximum atomic E-state index is 12.2. The minimum Gasteiger partial charge on any atom is -0.467 e. The molecular weight excluding hydrogens is 374 g/mol. The molecule has 0 saturated heterocycles. The number of allylic oxidation sites excluding steroid dienone is 2. The Kier molecular flexibility index (Phi) is 8.42. The summed E-state index contributed by atoms with van der Waals surface area (Å²) in [7, 11) is 1.33. The lowest BCUT2D eigenvalue weighted by Crippen LogP contribution is -2.44. The molecule has 0 bridgehead atoms. The van der Waals surface area contributed by atoms with Crippen molar-refractivity contribution in [2.45, 2.75) is 57.4 Å². The number of ether oxygens (including phenoxy) is 2. The molecule has 1 aliphatic rings. The molecule has 2 rings (SSSR count). The number of esters is 1. The van der Waals surface area contributed by atoms with Crippen molar-refractivity contribution in [1.82, 2.24) is 5.32 Å². The molecule has 6 heteroatoms. The number of alkyl carbamates (subject to hydrolysis) is 1. The van der Waals surface area contributed by atoms with E-state index in [4.69, 9.17) is 9.47 Å². The molecular formula is C22H31NO4S. The highest BCUT2D eigenvalue weighted by Crippen LogP contribution is 2.40. The number of hydrogen-bond acceptors (Lipinski definition) is 5. The van der Waals surface area contributed by atoms with Gasteiger partial charge >= 0.3 is 12.1 Å². The molecule has 28 heavy (non-hydrogen) atoms. The van der Waals surface area contributed by atoms with Gasteiger partial charge in [0.25, 0.3) is 0 Å². The lowest BCUT2D eigenvalue weighted by Gasteiger charge is -2.36. The van der Waals surface area contributed by atoms with Gasteiger partial charge in [-0.15, -0.1) is 0 Å². The van der Waals surface area contributed by atoms with Gasteiger partial charge < -0.3 is 14.8 Å². The second kappa shape index (κ2) is 10.6. The van der Waals surface area contributed by atoms with Gasteiger partial charge in [-0.05, 0) is 37.7 Å². The second-order valence-electron chi connectivity index (χ2n) is 7.72. The molecule has 154 valence electrons. The summed E-state index contributed by atoms with van der Waals surface area (Å²) in [5.41, 5.74) is 2.34. The summed E-state index contributed by atoms with van der Waals surface area (Å²) in [5.74, 6) is 0.531. The van der Waals surface area contributed by atoms with Gasteiger partial charge in [0.1, 0.15) is 12.6 Å². The van der Waals surface area contributed by atoms with Crippen molar-refractivity contribution in [1.29, 1.82) is 0 Å². The molecule has 2 atom stereocenters. The number of nitrogens with one attached hydrogen (secondary N) is 1. The fourth-order valence-corrected chi connectivity index (χ4v) is 4.50. The van der Waals surface area contributed by atoms with Crippen LogP contribution in [0.3, 0.4) is 0 Å². The maximum absolute atomic E-state index is 12.2. The number of carbonyl (C=O) groups is 2. The molecule has 1 unspecified atom stereocenters. The van der Waals surface area contributed by atoms with Crippen LogP contribution in [0.25, 0.3) is 0 Å². The molecule has 0 aliphatic heterocycles. The van der Waals surface area contributed by atoms with E-state index in [1.54, 1.807) is 11.8 Å². The van der Waals surface area contributed by atoms with E-state index in [1.165, 1.54) is 12.7 Å². The summed E-state index contributed by atoms with van der Waals surface area (Å²) in [6, 6.07) is 8.69. The lowest BCUT2D eigenvalue weighted by molar-refractivity contribution is -0.142. The van der Waals surface area contributed by atoms with Gasteiger partial charge in [0.05, 0.1) is 7.11 Å². The first-order valence-electron chi connectivity index (χ1n) is 9.66. The number of benzene rings is 1. The van der Waals surface area contributed by atoms with E-state index in [0.717, 1.165) is 24.8 Å². The number of amides is 1. The van der Waals surface area contributed by atoms with Crippen LogP contribution in [0.1, 0.15) is 45.6 Å². The summed E-state index contributed by atoms with van der Waals surface area (Å²) >= 11 is 1.69. The Labute approximate surface area is 172 Å². The molecule has 0 saturated carbocycles. The topological polar surface area (TPSA) is 64.6 Å². The predicted octanol–water partition coefficient (Wildman–Crippen LogP) is 4.71. The Bertz CT molecular complexity index is 687. The van der Waals surface area contributed by atoms with Crippen molar-refractivity contribution in [2.24, 2.45) is 5.92 Å². The van der Waals surface area contributed by atoms with Crippen LogP contribution in [-0.2, 0) is 20.9 Å². The third-order valence-corrected chi connectivity index (χ3v) is 6.81. The molecule has 1 aromatic carbocycles. The van der Waals surface area contributed by atoms with Gasteiger partial charge in [0.2, 0.25) is 0 Å². The molecule has 0 spiro atoms. The van der Waals surface area contributed by atoms with Gasteiger partial charge in [0, 0.05) is 10.5 Å². The predicted molar refractivity (Wildman–Crippen MR) is 113 cm³/mol. The highest BCUT2D eigenvalue weighted by atomic mass is 32.2. The van der Waals surface area contributed by atoms with E-state index >= 15 is 0 Å². The Morgan fingerprint density at radius 2 is 2.00 bits per heavy atom. The molecule has 1 aliphatic carbocycles. The zero-order chi connectivity index (χ0) is 20.6. The fraction of sp³-hybridized carbons (Fsp3) is 0.545. The molecule has 1 aromatic rings. The number of carbonyl (C=O) groups excluding carboxylic acids is 2. The monoisotopic (exact) mass is 405 g/mol. The normalized spacial score (nSPS) is 18.0. The van der Waals surface area contributed by atoms with Crippen LogP contribution in [0.5, 0.6) is 0 Å². The first-order chi connectivity index (χ1) is 13.3. The number of rotatable bonds is 8. The molecule has 1 amide bonds. The first kappa shape index (κ1) is 22.3. The van der Waals surface area contributed by atoms with Gasteiger partial charge in [-0.25, -0.2) is 9.59 Å². The summed E-state index contributed by atoms with van der Waals surface area (Å²) < 4.78 is 10.1. The van der Waals surface area contributed by atoms with Crippen molar-refractivity contribution in [3.8, 4) is 0 Å². The minimum atomic E-state index is -0.738. The van der Waals surface area contributed by atoms with Gasteiger partial charge in [0.15, 0.2) is 0 Å². The van der Waals surface area contributed by atoms with Crippen LogP contribution >= 0.6 is 11.8 Å². The Hall–Kier alpha value is -1.95. The van der Waals surface area contributed by atoms with Crippen molar-refractivity contribution in [2.75, 3.05) is 12.9 Å². The quantitative estimate of drug-likeness (QED) is 0.501. The van der Waals surface area contributed by atoms with Crippen LogP contribution in [0, 0.1) is 5.92 Å². The Morgan fingerprint density at radius 1 is 1.29 bits per heavy atom. The van der Waals surface area contributed by atoms with Gasteiger partial charge in [-0.2, -0.15) is 11.8 Å². The van der Waals surface area contributed by atoms with Crippen molar-refractivity contribution < 1.29 is 19.1 Å². The zero-order valence-corrected chi connectivity index (χ0v) is 18.0. The summed E-state index contributed by atoms with van der Waals surface area (Å²) in [6.45, 7) is 6.75. The number of thioether (sulfide) groups is 1. The molecule has 0 aromatic heterocycles. The molecule has 0 radical (unpaired) electrons. The van der Waals surface area contributed by atoms with Crippen LogP contribution in [0.4, 0.5) is 4.79 Å². The summed E-state index contributed by atoms with van der Waals surface area (Å²) in [4.78, 5) is 24.3. The van der Waals surface area contributed by atoms with E-state index in [-0.39, 0.29) is 11.4 Å². The largest absolute Gasteiger partial charge is 0.467 e. The summed E-state index contributed by atoms with van der Waals surface area (Å²) in [6.07, 6.45) is 5.03. The van der Waals surface area contributed by atoms with Gasteiger partial charge in [-0.1, -0.05) is 55.8 Å². The van der Waals surface area contributed by atoms with Gasteiger partial charge in [-0.3, -0.25) is 0 Å². The van der Waals surface area contributed by atoms with Crippen molar-refractivity contribution in [3.63, 3.8) is 0 Å². The Balaban J connectivity index is 1.88. The lowest BCUT2D eigenvalue weighted by atomic mass is 9.82. The first-order valence-corrected chi connectivity index (χ1v) is 10.6. The minimum absolute atomic E-state index is 0.000898. The smallest absolute Gasteiger partial charge is 0.408 e.